The summed E-state index contributed by atoms with van der Waals surface area (Å²) >= 11 is 0. The second-order valence-electron chi connectivity index (χ2n) is 0.236. The first-order valence-electron chi connectivity index (χ1n) is 0.813. The van der Waals surface area contributed by atoms with Gasteiger partial charge in [-0.3, -0.25) is 0 Å². The Bertz CT molecular complexity index is 13.5. The molecule has 1 radical (unpaired) electrons. The number of carbonyl (C=O) groups is 1. The largest absolute Gasteiger partial charge is 0.304 e. The molecule has 0 amide bonds. The SMILES string of the molecule is CC=O.[Ir]. The van der Waals surface area contributed by atoms with Gasteiger partial charge in [-0.1, -0.05) is 0 Å². The van der Waals surface area contributed by atoms with Crippen LogP contribution in [0.5, 0.6) is 0 Å². The van der Waals surface area contributed by atoms with Crippen molar-refractivity contribution in [2.75, 3.05) is 0 Å². The minimum absolute atomic E-state index is 0. The van der Waals surface area contributed by atoms with Gasteiger partial charge >= 0.3 is 0 Å². The third-order valence-electron chi connectivity index (χ3n) is 0. The number of rotatable bonds is 0. The summed E-state index contributed by atoms with van der Waals surface area (Å²) < 4.78 is 0. The van der Waals surface area contributed by atoms with Gasteiger partial charge in [0.1, 0.15) is 6.29 Å². The van der Waals surface area contributed by atoms with Gasteiger partial charge in [-0.25, -0.2) is 0 Å². The number of hydrogen-bond acceptors (Lipinski definition) is 1. The van der Waals surface area contributed by atoms with Gasteiger partial charge < -0.3 is 4.79 Å². The van der Waals surface area contributed by atoms with Crippen LogP contribution < -0.4 is 0 Å². The van der Waals surface area contributed by atoms with E-state index in [2.05, 4.69) is 0 Å². The van der Waals surface area contributed by atoms with Crippen molar-refractivity contribution in [2.45, 2.75) is 6.92 Å². The second kappa shape index (κ2) is 10.3. The van der Waals surface area contributed by atoms with Gasteiger partial charge in [0.25, 0.3) is 0 Å². The Morgan fingerprint density at radius 3 is 1.75 bits per heavy atom. The van der Waals surface area contributed by atoms with E-state index in [1.54, 1.807) is 0 Å². The molecule has 1 nitrogen and oxygen atoms in total. The quantitative estimate of drug-likeness (QED) is 0.549. The Morgan fingerprint density at radius 2 is 1.75 bits per heavy atom. The Hall–Kier alpha value is 0.319. The van der Waals surface area contributed by atoms with Crippen LogP contribution in [0.25, 0.3) is 0 Å². The van der Waals surface area contributed by atoms with Gasteiger partial charge in [0.2, 0.25) is 0 Å². The van der Waals surface area contributed by atoms with E-state index in [1.807, 2.05) is 0 Å². The van der Waals surface area contributed by atoms with E-state index in [0.717, 1.165) is 6.29 Å². The number of aldehydes is 1. The van der Waals surface area contributed by atoms with Crippen molar-refractivity contribution >= 4 is 6.29 Å². The Kier molecular flexibility index (Phi) is 22.7. The molecule has 0 aliphatic rings. The molecule has 0 fully saturated rings. The molecule has 0 N–H and O–H groups in total. The Labute approximate surface area is 38.7 Å². The third-order valence-corrected chi connectivity index (χ3v) is 0. The Morgan fingerprint density at radius 1 is 1.75 bits per heavy atom. The monoisotopic (exact) mass is 237 g/mol. The molecule has 0 saturated carbocycles. The fraction of sp³-hybridized carbons (Fsp3) is 0.500. The first-order valence-corrected chi connectivity index (χ1v) is 0.813. The summed E-state index contributed by atoms with van der Waals surface area (Å²) in [6.45, 7) is 1.44. The summed E-state index contributed by atoms with van der Waals surface area (Å²) in [6.07, 6.45) is 0.750. The molecule has 0 aromatic heterocycles. The maximum atomic E-state index is 8.81. The molecule has 0 aromatic rings. The van der Waals surface area contributed by atoms with Crippen LogP contribution in [-0.2, 0) is 24.9 Å². The molecule has 0 aromatic carbocycles. The molecule has 0 unspecified atom stereocenters. The van der Waals surface area contributed by atoms with Crippen LogP contribution in [0.3, 0.4) is 0 Å². The molecule has 0 saturated heterocycles. The molecule has 0 spiro atoms. The van der Waals surface area contributed by atoms with E-state index in [-0.39, 0.29) is 20.1 Å². The van der Waals surface area contributed by atoms with Gasteiger partial charge in [-0.05, 0) is 6.92 Å². The molecule has 0 heterocycles. The molecular formula is C2H4IrO. The van der Waals surface area contributed by atoms with E-state index in [9.17, 15) is 0 Å². The summed E-state index contributed by atoms with van der Waals surface area (Å²) in [5.74, 6) is 0. The maximum Gasteiger partial charge on any atom is 0.116 e. The first kappa shape index (κ1) is 8.85. The molecule has 0 aliphatic carbocycles. The van der Waals surface area contributed by atoms with E-state index >= 15 is 0 Å². The van der Waals surface area contributed by atoms with Crippen molar-refractivity contribution in [1.29, 1.82) is 0 Å². The standard InChI is InChI=1S/C2H4O.Ir/c1-2-3;/h2H,1H3;. The van der Waals surface area contributed by atoms with Gasteiger partial charge in [-0.2, -0.15) is 0 Å². The Balaban J connectivity index is 0. The molecule has 0 aliphatic heterocycles. The molecule has 2 heteroatoms. The van der Waals surface area contributed by atoms with Crippen molar-refractivity contribution in [3.8, 4) is 0 Å². The number of hydrogen-bond donors (Lipinski definition) is 0. The van der Waals surface area contributed by atoms with Crippen LogP contribution in [0.4, 0.5) is 0 Å². The van der Waals surface area contributed by atoms with Crippen molar-refractivity contribution in [1.82, 2.24) is 0 Å². The zero-order chi connectivity index (χ0) is 2.71. The van der Waals surface area contributed by atoms with Crippen LogP contribution in [0.1, 0.15) is 6.92 Å². The van der Waals surface area contributed by atoms with Crippen molar-refractivity contribution < 1.29 is 24.9 Å². The normalized spacial score (nSPS) is 3.25. The molecule has 0 atom stereocenters. The van der Waals surface area contributed by atoms with E-state index in [4.69, 9.17) is 4.79 Å². The predicted molar refractivity (Wildman–Crippen MR) is 11.7 cm³/mol. The van der Waals surface area contributed by atoms with Crippen LogP contribution in [0, 0.1) is 0 Å². The average Bonchev–Trinajstić information content (AvgIpc) is 0.918. The third kappa shape index (κ3) is 39.6. The van der Waals surface area contributed by atoms with E-state index < -0.39 is 0 Å². The van der Waals surface area contributed by atoms with E-state index in [1.165, 1.54) is 6.92 Å². The molecule has 0 bridgehead atoms. The van der Waals surface area contributed by atoms with Crippen molar-refractivity contribution in [2.24, 2.45) is 0 Å². The fourth-order valence-corrected chi connectivity index (χ4v) is 0. The van der Waals surface area contributed by atoms with Gasteiger partial charge in [0, 0.05) is 20.1 Å². The summed E-state index contributed by atoms with van der Waals surface area (Å²) in [4.78, 5) is 8.81. The fourth-order valence-electron chi connectivity index (χ4n) is 0. The van der Waals surface area contributed by atoms with Gasteiger partial charge in [0.15, 0.2) is 0 Å². The van der Waals surface area contributed by atoms with Crippen LogP contribution in [0.2, 0.25) is 0 Å². The molecular weight excluding hydrogens is 232 g/mol. The summed E-state index contributed by atoms with van der Waals surface area (Å²) in [5.41, 5.74) is 0. The topological polar surface area (TPSA) is 17.1 Å². The van der Waals surface area contributed by atoms with Crippen molar-refractivity contribution in [3.05, 3.63) is 0 Å². The number of carbonyl (C=O) groups excluding carboxylic acids is 1. The molecule has 27 valence electrons. The maximum absolute atomic E-state index is 8.81. The van der Waals surface area contributed by atoms with E-state index in [0.29, 0.717) is 0 Å². The van der Waals surface area contributed by atoms with Gasteiger partial charge in [-0.15, -0.1) is 0 Å². The predicted octanol–water partition coefficient (Wildman–Crippen LogP) is 0.203. The minimum atomic E-state index is 0. The van der Waals surface area contributed by atoms with Gasteiger partial charge in [0.05, 0.1) is 0 Å². The zero-order valence-corrected chi connectivity index (χ0v) is 4.71. The summed E-state index contributed by atoms with van der Waals surface area (Å²) in [6, 6.07) is 0. The zero-order valence-electron chi connectivity index (χ0n) is 2.32. The second-order valence-corrected chi connectivity index (χ2v) is 0.236. The van der Waals surface area contributed by atoms with Crippen molar-refractivity contribution in [3.63, 3.8) is 0 Å². The van der Waals surface area contributed by atoms with Crippen LogP contribution in [0.15, 0.2) is 0 Å². The summed E-state index contributed by atoms with van der Waals surface area (Å²) in [7, 11) is 0. The van der Waals surface area contributed by atoms with Crippen LogP contribution in [-0.4, -0.2) is 6.29 Å². The molecule has 0 rings (SSSR count). The average molecular weight is 236 g/mol. The minimum Gasteiger partial charge on any atom is -0.304 e. The smallest absolute Gasteiger partial charge is 0.116 e. The molecule has 4 heavy (non-hydrogen) atoms. The first-order chi connectivity index (χ1) is 1.41. The van der Waals surface area contributed by atoms with Crippen LogP contribution >= 0.6 is 0 Å². The summed E-state index contributed by atoms with van der Waals surface area (Å²) in [5, 5.41) is 0.